The number of nitrogens with one attached hydrogen (secondary N) is 1. The van der Waals surface area contributed by atoms with Crippen LogP contribution < -0.4 is 10.1 Å². The highest BCUT2D eigenvalue weighted by atomic mass is 32.2. The van der Waals surface area contributed by atoms with Crippen LogP contribution in [0.25, 0.3) is 5.78 Å². The Morgan fingerprint density at radius 1 is 1.07 bits per heavy atom. The van der Waals surface area contributed by atoms with Crippen molar-refractivity contribution in [3.8, 4) is 5.75 Å². The first kappa shape index (κ1) is 19.9. The van der Waals surface area contributed by atoms with Crippen molar-refractivity contribution in [3.05, 3.63) is 77.6 Å². The number of hydrogen-bond acceptors (Lipinski definition) is 6. The molecule has 0 saturated heterocycles. The summed E-state index contributed by atoms with van der Waals surface area (Å²) in [5.41, 5.74) is 3.66. The number of carbonyl (C=O) groups is 1. The van der Waals surface area contributed by atoms with Crippen molar-refractivity contribution < 1.29 is 9.53 Å². The fraction of sp³-hybridized carbons (Fsp3) is 0.182. The Morgan fingerprint density at radius 2 is 1.83 bits per heavy atom. The highest BCUT2D eigenvalue weighted by Crippen LogP contribution is 2.19. The van der Waals surface area contributed by atoms with Gasteiger partial charge in [0.05, 0.1) is 5.75 Å². The number of benzene rings is 2. The first-order valence-corrected chi connectivity index (χ1v) is 10.5. The minimum absolute atomic E-state index is 0.127. The van der Waals surface area contributed by atoms with Gasteiger partial charge in [0.1, 0.15) is 12.4 Å². The summed E-state index contributed by atoms with van der Waals surface area (Å²) in [5, 5.41) is 7.80. The molecule has 7 nitrogen and oxygen atoms in total. The number of nitrogens with zero attached hydrogens (tertiary/aromatic N) is 4. The van der Waals surface area contributed by atoms with Crippen molar-refractivity contribution in [3.63, 3.8) is 0 Å². The van der Waals surface area contributed by atoms with Crippen molar-refractivity contribution >= 4 is 29.1 Å². The molecule has 1 N–H and O–H groups in total. The fourth-order valence-corrected chi connectivity index (χ4v) is 3.53. The minimum atomic E-state index is -0.127. The van der Waals surface area contributed by atoms with Gasteiger partial charge >= 0.3 is 0 Å². The highest BCUT2D eigenvalue weighted by molar-refractivity contribution is 7.99. The van der Waals surface area contributed by atoms with E-state index in [-0.39, 0.29) is 11.7 Å². The number of fused-ring (bicyclic) bond motifs is 1. The summed E-state index contributed by atoms with van der Waals surface area (Å²) in [7, 11) is 0. The van der Waals surface area contributed by atoms with E-state index < -0.39 is 0 Å². The lowest BCUT2D eigenvalue weighted by atomic mass is 10.2. The maximum Gasteiger partial charge on any atom is 0.253 e. The second kappa shape index (κ2) is 8.96. The normalized spacial score (nSPS) is 10.9. The Labute approximate surface area is 178 Å². The van der Waals surface area contributed by atoms with E-state index in [4.69, 9.17) is 4.74 Å². The molecule has 8 heteroatoms. The van der Waals surface area contributed by atoms with E-state index in [1.165, 1.54) is 11.8 Å². The van der Waals surface area contributed by atoms with Crippen molar-refractivity contribution in [1.82, 2.24) is 19.6 Å². The summed E-state index contributed by atoms with van der Waals surface area (Å²) in [5.74, 6) is 1.37. The first-order valence-electron chi connectivity index (χ1n) is 9.47. The topological polar surface area (TPSA) is 81.4 Å². The predicted molar refractivity (Wildman–Crippen MR) is 117 cm³/mol. The Kier molecular flexibility index (Phi) is 5.94. The molecule has 0 aliphatic carbocycles. The van der Waals surface area contributed by atoms with Gasteiger partial charge in [-0.25, -0.2) is 9.50 Å². The molecule has 0 atom stereocenters. The Morgan fingerprint density at radius 3 is 2.60 bits per heavy atom. The number of aryl methyl sites for hydroxylation is 2. The Bertz CT molecular complexity index is 1160. The van der Waals surface area contributed by atoms with E-state index in [0.717, 1.165) is 22.7 Å². The van der Waals surface area contributed by atoms with Crippen LogP contribution in [0.4, 0.5) is 5.69 Å². The van der Waals surface area contributed by atoms with Gasteiger partial charge < -0.3 is 10.1 Å². The van der Waals surface area contributed by atoms with Gasteiger partial charge in [0, 0.05) is 17.1 Å². The summed E-state index contributed by atoms with van der Waals surface area (Å²) >= 11 is 1.28. The lowest BCUT2D eigenvalue weighted by molar-refractivity contribution is -0.113. The SMILES string of the molecule is Cc1cc(C)n2nc(SCC(=O)Nc3ccc(OCc4ccccc4)cc3)nc2n1. The number of carbonyl (C=O) groups excluding carboxylic acids is 1. The van der Waals surface area contributed by atoms with Crippen LogP contribution in [-0.2, 0) is 11.4 Å². The molecule has 2 aromatic carbocycles. The largest absolute Gasteiger partial charge is 0.489 e. The number of rotatable bonds is 7. The molecular weight excluding hydrogens is 398 g/mol. The van der Waals surface area contributed by atoms with Gasteiger partial charge in [-0.2, -0.15) is 4.98 Å². The van der Waals surface area contributed by atoms with E-state index in [1.54, 1.807) is 4.52 Å². The molecular formula is C22H21N5O2S. The first-order chi connectivity index (χ1) is 14.6. The van der Waals surface area contributed by atoms with E-state index in [0.29, 0.717) is 23.2 Å². The van der Waals surface area contributed by atoms with Crippen LogP contribution in [-0.4, -0.2) is 31.2 Å². The zero-order valence-electron chi connectivity index (χ0n) is 16.7. The molecule has 152 valence electrons. The molecule has 1 amide bonds. The molecule has 0 saturated carbocycles. The minimum Gasteiger partial charge on any atom is -0.489 e. The number of hydrogen-bond donors (Lipinski definition) is 1. The molecule has 0 aliphatic heterocycles. The van der Waals surface area contributed by atoms with Crippen molar-refractivity contribution in [2.75, 3.05) is 11.1 Å². The number of thioether (sulfide) groups is 1. The van der Waals surface area contributed by atoms with Crippen LogP contribution in [0.15, 0.2) is 65.8 Å². The summed E-state index contributed by atoms with van der Waals surface area (Å²) in [6.07, 6.45) is 0. The zero-order valence-corrected chi connectivity index (χ0v) is 17.5. The summed E-state index contributed by atoms with van der Waals surface area (Å²) in [6, 6.07) is 19.2. The lowest BCUT2D eigenvalue weighted by Gasteiger charge is -2.08. The average molecular weight is 420 g/mol. The molecule has 30 heavy (non-hydrogen) atoms. The third-order valence-corrected chi connectivity index (χ3v) is 5.16. The van der Waals surface area contributed by atoms with Gasteiger partial charge in [-0.3, -0.25) is 4.79 Å². The molecule has 0 spiro atoms. The standard InChI is InChI=1S/C22H21N5O2S/c1-15-12-16(2)27-21(23-15)25-22(26-27)30-14-20(28)24-18-8-10-19(11-9-18)29-13-17-6-4-3-5-7-17/h3-12H,13-14H2,1-2H3,(H,24,28). The smallest absolute Gasteiger partial charge is 0.253 e. The lowest BCUT2D eigenvalue weighted by Crippen LogP contribution is -2.14. The molecule has 2 aromatic heterocycles. The number of anilines is 1. The van der Waals surface area contributed by atoms with Gasteiger partial charge in [-0.05, 0) is 49.7 Å². The van der Waals surface area contributed by atoms with E-state index in [1.807, 2.05) is 74.5 Å². The van der Waals surface area contributed by atoms with Crippen LogP contribution >= 0.6 is 11.8 Å². The zero-order chi connectivity index (χ0) is 20.9. The van der Waals surface area contributed by atoms with Crippen LogP contribution in [0, 0.1) is 13.8 Å². The van der Waals surface area contributed by atoms with E-state index in [9.17, 15) is 4.79 Å². The maximum atomic E-state index is 12.3. The van der Waals surface area contributed by atoms with Crippen molar-refractivity contribution in [2.45, 2.75) is 25.6 Å². The molecule has 4 rings (SSSR count). The van der Waals surface area contributed by atoms with Crippen LogP contribution in [0.2, 0.25) is 0 Å². The van der Waals surface area contributed by atoms with Gasteiger partial charge in [-0.15, -0.1) is 5.10 Å². The van der Waals surface area contributed by atoms with Crippen LogP contribution in [0.3, 0.4) is 0 Å². The second-order valence-corrected chi connectivity index (χ2v) is 7.72. The van der Waals surface area contributed by atoms with Gasteiger partial charge in [0.2, 0.25) is 11.1 Å². The van der Waals surface area contributed by atoms with Crippen LogP contribution in [0.1, 0.15) is 17.0 Å². The third kappa shape index (κ3) is 4.96. The molecule has 2 heterocycles. The summed E-state index contributed by atoms with van der Waals surface area (Å²) in [6.45, 7) is 4.37. The highest BCUT2D eigenvalue weighted by Gasteiger charge is 2.11. The molecule has 4 aromatic rings. The Balaban J connectivity index is 1.29. The molecule has 0 bridgehead atoms. The third-order valence-electron chi connectivity index (χ3n) is 4.32. The average Bonchev–Trinajstić information content (AvgIpc) is 3.16. The quantitative estimate of drug-likeness (QED) is 0.455. The molecule has 0 fully saturated rings. The number of aromatic nitrogens is 4. The Hall–Kier alpha value is -3.39. The summed E-state index contributed by atoms with van der Waals surface area (Å²) in [4.78, 5) is 21.0. The monoisotopic (exact) mass is 419 g/mol. The van der Waals surface area contributed by atoms with Gasteiger partial charge in [0.25, 0.3) is 5.78 Å². The van der Waals surface area contributed by atoms with Crippen LogP contribution in [0.5, 0.6) is 5.75 Å². The maximum absolute atomic E-state index is 12.3. The number of ether oxygens (including phenoxy) is 1. The van der Waals surface area contributed by atoms with Crippen molar-refractivity contribution in [1.29, 1.82) is 0 Å². The van der Waals surface area contributed by atoms with Gasteiger partial charge in [0.15, 0.2) is 0 Å². The fourth-order valence-electron chi connectivity index (χ4n) is 2.91. The van der Waals surface area contributed by atoms with Gasteiger partial charge in [-0.1, -0.05) is 42.1 Å². The second-order valence-electron chi connectivity index (χ2n) is 6.78. The summed E-state index contributed by atoms with van der Waals surface area (Å²) < 4.78 is 7.44. The number of amides is 1. The molecule has 0 unspecified atom stereocenters. The van der Waals surface area contributed by atoms with E-state index in [2.05, 4.69) is 20.4 Å². The molecule has 0 radical (unpaired) electrons. The predicted octanol–water partition coefficient (Wildman–Crippen LogP) is 4.05. The van der Waals surface area contributed by atoms with Crippen molar-refractivity contribution in [2.24, 2.45) is 0 Å². The van der Waals surface area contributed by atoms with E-state index >= 15 is 0 Å². The molecule has 0 aliphatic rings.